The molecule has 0 spiro atoms. The number of carbonyl (C=O) groups is 2. The molecule has 0 saturated carbocycles. The van der Waals surface area contributed by atoms with Gasteiger partial charge in [-0.3, -0.25) is 9.59 Å². The van der Waals surface area contributed by atoms with Crippen molar-refractivity contribution >= 4 is 11.9 Å². The number of hydrogen-bond acceptors (Lipinski definition) is 3. The Kier molecular flexibility index (Phi) is 3.06. The lowest BCUT2D eigenvalue weighted by molar-refractivity contribution is -0.144. The molecule has 72 valence electrons. The molecule has 1 rings (SSSR count). The van der Waals surface area contributed by atoms with E-state index in [1.54, 1.807) is 6.08 Å². The number of nitrogens with one attached hydrogen (secondary N) is 1. The molecule has 1 aliphatic rings. The van der Waals surface area contributed by atoms with Crippen LogP contribution in [0.1, 0.15) is 26.7 Å². The SMILES string of the molecule is CC(C)NC(=O)C1=CCCC(=O)O1. The second-order valence-electron chi connectivity index (χ2n) is 3.21. The Balaban J connectivity index is 2.56. The van der Waals surface area contributed by atoms with Gasteiger partial charge in [0.1, 0.15) is 0 Å². The first-order chi connectivity index (χ1) is 6.09. The molecule has 0 atom stereocenters. The summed E-state index contributed by atoms with van der Waals surface area (Å²) >= 11 is 0. The quantitative estimate of drug-likeness (QED) is 0.642. The molecule has 1 aliphatic heterocycles. The average molecular weight is 183 g/mol. The van der Waals surface area contributed by atoms with Crippen LogP contribution < -0.4 is 5.32 Å². The summed E-state index contributed by atoms with van der Waals surface area (Å²) in [5.41, 5.74) is 0. The van der Waals surface area contributed by atoms with Crippen molar-refractivity contribution in [2.24, 2.45) is 0 Å². The highest BCUT2D eigenvalue weighted by Gasteiger charge is 2.19. The van der Waals surface area contributed by atoms with Gasteiger partial charge in [0.05, 0.1) is 0 Å². The Bertz CT molecular complexity index is 256. The Labute approximate surface area is 76.9 Å². The number of esters is 1. The molecule has 1 N–H and O–H groups in total. The summed E-state index contributed by atoms with van der Waals surface area (Å²) in [6, 6.07) is 0.0500. The number of carbonyl (C=O) groups excluding carboxylic acids is 2. The highest BCUT2D eigenvalue weighted by Crippen LogP contribution is 2.11. The molecule has 0 aromatic heterocycles. The van der Waals surface area contributed by atoms with Crippen LogP contribution in [0, 0.1) is 0 Å². The molecule has 13 heavy (non-hydrogen) atoms. The zero-order valence-corrected chi connectivity index (χ0v) is 7.79. The van der Waals surface area contributed by atoms with Crippen molar-refractivity contribution in [1.29, 1.82) is 0 Å². The standard InChI is InChI=1S/C9H13NO3/c1-6(2)10-9(12)7-4-3-5-8(11)13-7/h4,6H,3,5H2,1-2H3,(H,10,12). The summed E-state index contributed by atoms with van der Waals surface area (Å²) in [5.74, 6) is -0.524. The Morgan fingerprint density at radius 3 is 2.85 bits per heavy atom. The van der Waals surface area contributed by atoms with Gasteiger partial charge in [0.25, 0.3) is 5.91 Å². The first kappa shape index (κ1) is 9.77. The molecule has 0 radical (unpaired) electrons. The minimum atomic E-state index is -0.337. The maximum atomic E-state index is 11.3. The van der Waals surface area contributed by atoms with Crippen LogP contribution >= 0.6 is 0 Å². The van der Waals surface area contributed by atoms with E-state index in [-0.39, 0.29) is 23.7 Å². The Morgan fingerprint density at radius 2 is 2.31 bits per heavy atom. The number of cyclic esters (lactones) is 1. The molecule has 0 fully saturated rings. The lowest BCUT2D eigenvalue weighted by Gasteiger charge is -2.14. The smallest absolute Gasteiger partial charge is 0.311 e. The van der Waals surface area contributed by atoms with E-state index in [2.05, 4.69) is 5.32 Å². The normalized spacial score (nSPS) is 16.5. The van der Waals surface area contributed by atoms with Crippen molar-refractivity contribution in [3.05, 3.63) is 11.8 Å². The first-order valence-electron chi connectivity index (χ1n) is 4.31. The van der Waals surface area contributed by atoms with Gasteiger partial charge in [0.15, 0.2) is 5.76 Å². The molecule has 1 heterocycles. The largest absolute Gasteiger partial charge is 0.421 e. The monoisotopic (exact) mass is 183 g/mol. The van der Waals surface area contributed by atoms with Gasteiger partial charge in [-0.15, -0.1) is 0 Å². The minimum Gasteiger partial charge on any atom is -0.421 e. The van der Waals surface area contributed by atoms with E-state index in [0.29, 0.717) is 12.8 Å². The van der Waals surface area contributed by atoms with Gasteiger partial charge in [-0.1, -0.05) is 0 Å². The third kappa shape index (κ3) is 2.89. The molecule has 0 bridgehead atoms. The van der Waals surface area contributed by atoms with Gasteiger partial charge in [-0.05, 0) is 26.3 Å². The minimum absolute atomic E-state index is 0.0500. The second-order valence-corrected chi connectivity index (χ2v) is 3.21. The Hall–Kier alpha value is -1.32. The number of rotatable bonds is 2. The van der Waals surface area contributed by atoms with Gasteiger partial charge >= 0.3 is 5.97 Å². The van der Waals surface area contributed by atoms with Crippen LogP contribution in [0.5, 0.6) is 0 Å². The fraction of sp³-hybridized carbons (Fsp3) is 0.556. The summed E-state index contributed by atoms with van der Waals surface area (Å²) in [7, 11) is 0. The van der Waals surface area contributed by atoms with E-state index < -0.39 is 0 Å². The van der Waals surface area contributed by atoms with E-state index in [9.17, 15) is 9.59 Å². The molecule has 4 heteroatoms. The van der Waals surface area contributed by atoms with Crippen molar-refractivity contribution in [2.75, 3.05) is 0 Å². The topological polar surface area (TPSA) is 55.4 Å². The number of ether oxygens (including phenoxy) is 1. The average Bonchev–Trinajstić information content (AvgIpc) is 2.03. The predicted molar refractivity (Wildman–Crippen MR) is 46.7 cm³/mol. The molecule has 0 aromatic carbocycles. The van der Waals surface area contributed by atoms with E-state index >= 15 is 0 Å². The summed E-state index contributed by atoms with van der Waals surface area (Å²) in [5, 5.41) is 2.65. The van der Waals surface area contributed by atoms with Crippen molar-refractivity contribution < 1.29 is 14.3 Å². The maximum absolute atomic E-state index is 11.3. The summed E-state index contributed by atoms with van der Waals surface area (Å²) in [4.78, 5) is 22.1. The molecule has 0 saturated heterocycles. The van der Waals surface area contributed by atoms with Gasteiger partial charge in [0.2, 0.25) is 0 Å². The third-order valence-corrected chi connectivity index (χ3v) is 1.55. The molecule has 0 unspecified atom stereocenters. The van der Waals surface area contributed by atoms with E-state index in [1.807, 2.05) is 13.8 Å². The second kappa shape index (κ2) is 4.07. The fourth-order valence-electron chi connectivity index (χ4n) is 1.01. The van der Waals surface area contributed by atoms with Crippen molar-refractivity contribution in [2.45, 2.75) is 32.7 Å². The molecular formula is C9H13NO3. The molecule has 0 aliphatic carbocycles. The van der Waals surface area contributed by atoms with Crippen LogP contribution in [0.3, 0.4) is 0 Å². The molecular weight excluding hydrogens is 170 g/mol. The summed E-state index contributed by atoms with van der Waals surface area (Å²) in [6.07, 6.45) is 2.58. The number of allylic oxidation sites excluding steroid dienone is 1. The number of amides is 1. The summed E-state index contributed by atoms with van der Waals surface area (Å²) < 4.78 is 4.76. The lowest BCUT2D eigenvalue weighted by Crippen LogP contribution is -2.33. The van der Waals surface area contributed by atoms with Gasteiger partial charge in [0, 0.05) is 12.5 Å². The highest BCUT2D eigenvalue weighted by molar-refractivity contribution is 5.94. The van der Waals surface area contributed by atoms with Crippen molar-refractivity contribution in [3.63, 3.8) is 0 Å². The zero-order valence-electron chi connectivity index (χ0n) is 7.79. The fourth-order valence-corrected chi connectivity index (χ4v) is 1.01. The molecule has 1 amide bonds. The van der Waals surface area contributed by atoms with E-state index in [0.717, 1.165) is 0 Å². The third-order valence-electron chi connectivity index (χ3n) is 1.55. The van der Waals surface area contributed by atoms with Gasteiger partial charge in [-0.2, -0.15) is 0 Å². The predicted octanol–water partition coefficient (Wildman–Crippen LogP) is 0.732. The maximum Gasteiger partial charge on any atom is 0.311 e. The van der Waals surface area contributed by atoms with Crippen LogP contribution in [0.25, 0.3) is 0 Å². The number of hydrogen-bond donors (Lipinski definition) is 1. The molecule has 0 aromatic rings. The van der Waals surface area contributed by atoms with Crippen molar-refractivity contribution in [1.82, 2.24) is 5.32 Å². The van der Waals surface area contributed by atoms with Crippen LogP contribution in [-0.2, 0) is 14.3 Å². The van der Waals surface area contributed by atoms with Gasteiger partial charge < -0.3 is 10.1 Å². The van der Waals surface area contributed by atoms with Crippen molar-refractivity contribution in [3.8, 4) is 0 Å². The van der Waals surface area contributed by atoms with Crippen LogP contribution in [0.4, 0.5) is 0 Å². The highest BCUT2D eigenvalue weighted by atomic mass is 16.5. The Morgan fingerprint density at radius 1 is 1.62 bits per heavy atom. The lowest BCUT2D eigenvalue weighted by atomic mass is 10.2. The molecule has 4 nitrogen and oxygen atoms in total. The van der Waals surface area contributed by atoms with E-state index in [4.69, 9.17) is 4.74 Å². The van der Waals surface area contributed by atoms with E-state index in [1.165, 1.54) is 0 Å². The van der Waals surface area contributed by atoms with Crippen LogP contribution in [-0.4, -0.2) is 17.9 Å². The zero-order chi connectivity index (χ0) is 9.84. The summed E-state index contributed by atoms with van der Waals surface area (Å²) in [6.45, 7) is 3.70. The first-order valence-corrected chi connectivity index (χ1v) is 4.31. The van der Waals surface area contributed by atoms with Gasteiger partial charge in [-0.25, -0.2) is 0 Å². The van der Waals surface area contributed by atoms with Crippen LogP contribution in [0.2, 0.25) is 0 Å². The van der Waals surface area contributed by atoms with Crippen LogP contribution in [0.15, 0.2) is 11.8 Å².